The van der Waals surface area contributed by atoms with Crippen molar-refractivity contribution in [3.8, 4) is 0 Å². The number of benzene rings is 2. The molecular formula is C15H12IN. The Hall–Kier alpha value is -0.870. The third kappa shape index (κ3) is 1.23. The molecule has 84 valence electrons. The van der Waals surface area contributed by atoms with E-state index in [0.29, 0.717) is 6.04 Å². The molecule has 0 fully saturated rings. The van der Waals surface area contributed by atoms with E-state index in [1.54, 1.807) is 0 Å². The molecule has 4 rings (SSSR count). The Balaban J connectivity index is 2.05. The average molecular weight is 333 g/mol. The molecule has 0 amide bonds. The summed E-state index contributed by atoms with van der Waals surface area (Å²) in [5, 5.41) is 3.78. The van der Waals surface area contributed by atoms with Gasteiger partial charge < -0.3 is 0 Å². The normalized spacial score (nSPS) is 28.6. The minimum Gasteiger partial charge on any atom is -0.288 e. The molecule has 0 saturated carbocycles. The van der Waals surface area contributed by atoms with Crippen LogP contribution in [0.1, 0.15) is 28.3 Å². The molecule has 0 unspecified atom stereocenters. The van der Waals surface area contributed by atoms with E-state index in [2.05, 4.69) is 76.4 Å². The largest absolute Gasteiger partial charge is 0.288 e. The number of halogens is 1. The lowest BCUT2D eigenvalue weighted by Gasteiger charge is -2.32. The molecule has 17 heavy (non-hydrogen) atoms. The van der Waals surface area contributed by atoms with Crippen molar-refractivity contribution in [1.82, 2.24) is 5.32 Å². The Morgan fingerprint density at radius 1 is 1.00 bits per heavy atom. The zero-order valence-electron chi connectivity index (χ0n) is 9.28. The number of nitrogens with one attached hydrogen (secondary N) is 1. The maximum Gasteiger partial charge on any atom is 0.123 e. The first kappa shape index (κ1) is 10.1. The molecule has 2 heteroatoms. The quantitative estimate of drug-likeness (QED) is 0.442. The fraction of sp³-hybridized carbons (Fsp3) is 0.200. The molecular weight excluding hydrogens is 321 g/mol. The van der Waals surface area contributed by atoms with Gasteiger partial charge in [0.2, 0.25) is 0 Å². The molecule has 0 aromatic heterocycles. The minimum atomic E-state index is -0.0200. The van der Waals surface area contributed by atoms with Crippen LogP contribution in [0.25, 0.3) is 0 Å². The van der Waals surface area contributed by atoms with Gasteiger partial charge in [0.25, 0.3) is 0 Å². The predicted octanol–water partition coefficient (Wildman–Crippen LogP) is 3.52. The van der Waals surface area contributed by atoms with Gasteiger partial charge in [-0.2, -0.15) is 0 Å². The summed E-state index contributed by atoms with van der Waals surface area (Å²) in [6, 6.07) is 18.1. The SMILES string of the molecule is I[C@@]12N[C@@H](Cc3ccccc31)c1ccccc12. The van der Waals surface area contributed by atoms with Gasteiger partial charge in [0.05, 0.1) is 0 Å². The van der Waals surface area contributed by atoms with Crippen molar-refractivity contribution in [2.75, 3.05) is 0 Å². The van der Waals surface area contributed by atoms with Crippen LogP contribution in [-0.4, -0.2) is 0 Å². The molecule has 1 N–H and O–H groups in total. The summed E-state index contributed by atoms with van der Waals surface area (Å²) in [6.07, 6.45) is 1.11. The van der Waals surface area contributed by atoms with Gasteiger partial charge in [-0.05, 0) is 28.7 Å². The van der Waals surface area contributed by atoms with Crippen LogP contribution in [0.15, 0.2) is 48.5 Å². The fourth-order valence-electron chi connectivity index (χ4n) is 3.15. The second-order valence-corrected chi connectivity index (χ2v) is 6.42. The van der Waals surface area contributed by atoms with Gasteiger partial charge in [0, 0.05) is 6.04 Å². The van der Waals surface area contributed by atoms with Crippen LogP contribution in [-0.2, 0) is 9.97 Å². The van der Waals surface area contributed by atoms with Crippen molar-refractivity contribution < 1.29 is 0 Å². The van der Waals surface area contributed by atoms with E-state index in [1.165, 1.54) is 22.3 Å². The summed E-state index contributed by atoms with van der Waals surface area (Å²) in [5.74, 6) is 0. The molecule has 2 aromatic rings. The van der Waals surface area contributed by atoms with E-state index in [1.807, 2.05) is 0 Å². The topological polar surface area (TPSA) is 12.0 Å². The van der Waals surface area contributed by atoms with Crippen LogP contribution in [0.3, 0.4) is 0 Å². The monoisotopic (exact) mass is 333 g/mol. The maximum absolute atomic E-state index is 3.78. The van der Waals surface area contributed by atoms with Crippen LogP contribution >= 0.6 is 22.6 Å². The van der Waals surface area contributed by atoms with Crippen molar-refractivity contribution in [2.45, 2.75) is 16.0 Å². The molecule has 0 spiro atoms. The zero-order chi connectivity index (χ0) is 11.5. The Bertz CT molecular complexity index is 594. The molecule has 2 aliphatic rings. The number of alkyl halides is 1. The van der Waals surface area contributed by atoms with Gasteiger partial charge in [-0.1, -0.05) is 71.1 Å². The van der Waals surface area contributed by atoms with Gasteiger partial charge in [0.1, 0.15) is 3.55 Å². The standard InChI is InChI=1S/C15H12IN/c16-15-12-7-3-1-5-10(12)9-14(17-15)11-6-2-4-8-13(11)15/h1-8,14,17H,9H2/t14-,15+/m0/s1. The first-order valence-electron chi connectivity index (χ1n) is 5.93. The summed E-state index contributed by atoms with van der Waals surface area (Å²) in [7, 11) is 0. The minimum absolute atomic E-state index is 0.0200. The first-order valence-corrected chi connectivity index (χ1v) is 7.01. The maximum atomic E-state index is 3.78. The Labute approximate surface area is 114 Å². The van der Waals surface area contributed by atoms with E-state index in [-0.39, 0.29) is 3.55 Å². The molecule has 0 radical (unpaired) electrons. The summed E-state index contributed by atoms with van der Waals surface area (Å²) >= 11 is 2.57. The average Bonchev–Trinajstić information content (AvgIpc) is 2.61. The number of fused-ring (bicyclic) bond motifs is 7. The predicted molar refractivity (Wildman–Crippen MR) is 77.3 cm³/mol. The lowest BCUT2D eigenvalue weighted by molar-refractivity contribution is 0.487. The first-order chi connectivity index (χ1) is 8.29. The molecule has 2 bridgehead atoms. The zero-order valence-corrected chi connectivity index (χ0v) is 11.4. The highest BCUT2D eigenvalue weighted by atomic mass is 127. The summed E-state index contributed by atoms with van der Waals surface area (Å²) in [4.78, 5) is 0. The van der Waals surface area contributed by atoms with Crippen molar-refractivity contribution in [3.05, 3.63) is 70.8 Å². The van der Waals surface area contributed by atoms with Crippen LogP contribution in [0.2, 0.25) is 0 Å². The smallest absolute Gasteiger partial charge is 0.123 e. The van der Waals surface area contributed by atoms with E-state index in [4.69, 9.17) is 0 Å². The summed E-state index contributed by atoms with van der Waals surface area (Å²) < 4.78 is -0.0200. The van der Waals surface area contributed by atoms with E-state index in [0.717, 1.165) is 6.42 Å². The fourth-order valence-corrected chi connectivity index (χ4v) is 4.54. The second-order valence-electron chi connectivity index (χ2n) is 4.80. The van der Waals surface area contributed by atoms with Gasteiger partial charge in [-0.3, -0.25) is 5.32 Å². The van der Waals surface area contributed by atoms with Gasteiger partial charge in [-0.25, -0.2) is 0 Å². The molecule has 2 aromatic carbocycles. The highest BCUT2D eigenvalue weighted by molar-refractivity contribution is 14.1. The van der Waals surface area contributed by atoms with Crippen LogP contribution in [0.4, 0.5) is 0 Å². The molecule has 2 atom stereocenters. The van der Waals surface area contributed by atoms with Gasteiger partial charge in [-0.15, -0.1) is 0 Å². The lowest BCUT2D eigenvalue weighted by Crippen LogP contribution is -2.38. The van der Waals surface area contributed by atoms with Crippen LogP contribution < -0.4 is 5.32 Å². The summed E-state index contributed by atoms with van der Waals surface area (Å²) in [6.45, 7) is 0. The lowest BCUT2D eigenvalue weighted by atomic mass is 9.93. The highest BCUT2D eigenvalue weighted by Gasteiger charge is 2.46. The van der Waals surface area contributed by atoms with Gasteiger partial charge >= 0.3 is 0 Å². The number of hydrogen-bond acceptors (Lipinski definition) is 1. The Kier molecular flexibility index (Phi) is 1.97. The van der Waals surface area contributed by atoms with E-state index >= 15 is 0 Å². The van der Waals surface area contributed by atoms with Crippen molar-refractivity contribution in [3.63, 3.8) is 0 Å². The second kappa shape index (κ2) is 3.33. The molecule has 0 saturated heterocycles. The Morgan fingerprint density at radius 3 is 2.59 bits per heavy atom. The molecule has 2 heterocycles. The third-order valence-corrected chi connectivity index (χ3v) is 5.37. The van der Waals surface area contributed by atoms with Crippen LogP contribution in [0.5, 0.6) is 0 Å². The van der Waals surface area contributed by atoms with E-state index in [9.17, 15) is 0 Å². The molecule has 1 nitrogen and oxygen atoms in total. The van der Waals surface area contributed by atoms with Crippen molar-refractivity contribution in [2.24, 2.45) is 0 Å². The van der Waals surface area contributed by atoms with Crippen molar-refractivity contribution in [1.29, 1.82) is 0 Å². The van der Waals surface area contributed by atoms with E-state index < -0.39 is 0 Å². The number of rotatable bonds is 0. The number of hydrogen-bond donors (Lipinski definition) is 1. The molecule has 0 aliphatic carbocycles. The Morgan fingerprint density at radius 2 is 1.71 bits per heavy atom. The molecule has 2 aliphatic heterocycles. The third-order valence-electron chi connectivity index (χ3n) is 3.89. The summed E-state index contributed by atoms with van der Waals surface area (Å²) in [5.41, 5.74) is 5.83. The van der Waals surface area contributed by atoms with Gasteiger partial charge in [0.15, 0.2) is 0 Å². The van der Waals surface area contributed by atoms with Crippen molar-refractivity contribution >= 4 is 22.6 Å². The highest BCUT2D eigenvalue weighted by Crippen LogP contribution is 2.51. The van der Waals surface area contributed by atoms with Crippen LogP contribution in [0, 0.1) is 0 Å².